The van der Waals surface area contributed by atoms with Gasteiger partial charge in [0.2, 0.25) is 0 Å². The second kappa shape index (κ2) is 9.91. The van der Waals surface area contributed by atoms with E-state index in [-0.39, 0.29) is 6.04 Å². The second-order valence-corrected chi connectivity index (χ2v) is 5.98. The third kappa shape index (κ3) is 6.58. The largest absolute Gasteiger partial charge is 0.493 e. The molecule has 0 aliphatic carbocycles. The van der Waals surface area contributed by atoms with Crippen molar-refractivity contribution in [1.29, 1.82) is 0 Å². The zero-order chi connectivity index (χ0) is 15.7. The van der Waals surface area contributed by atoms with E-state index in [1.807, 2.05) is 13.0 Å². The average Bonchev–Trinajstić information content (AvgIpc) is 2.43. The van der Waals surface area contributed by atoms with Crippen molar-refractivity contribution in [3.63, 3.8) is 0 Å². The fraction of sp³-hybridized carbons (Fsp3) is 0.647. The van der Waals surface area contributed by atoms with Gasteiger partial charge in [-0.25, -0.2) is 0 Å². The van der Waals surface area contributed by atoms with Crippen LogP contribution in [0.25, 0.3) is 0 Å². The maximum atomic E-state index is 6.13. The van der Waals surface area contributed by atoms with Gasteiger partial charge in [0.25, 0.3) is 0 Å². The molecule has 0 aliphatic heterocycles. The second-order valence-electron chi connectivity index (χ2n) is 5.54. The van der Waals surface area contributed by atoms with Gasteiger partial charge in [-0.05, 0) is 25.8 Å². The highest BCUT2D eigenvalue weighted by atomic mass is 35.5. The van der Waals surface area contributed by atoms with Gasteiger partial charge in [0.15, 0.2) is 11.5 Å². The van der Waals surface area contributed by atoms with Crippen LogP contribution in [0.3, 0.4) is 0 Å². The SMILES string of the molecule is CCCCCCCOc1c(CC(C)N)cc(Cl)cc1OC. The van der Waals surface area contributed by atoms with Gasteiger partial charge >= 0.3 is 0 Å². The molecule has 120 valence electrons. The van der Waals surface area contributed by atoms with Crippen molar-refractivity contribution < 1.29 is 9.47 Å². The third-order valence-corrected chi connectivity index (χ3v) is 3.57. The van der Waals surface area contributed by atoms with Gasteiger partial charge in [0.1, 0.15) is 0 Å². The first-order valence-corrected chi connectivity index (χ1v) is 8.21. The number of halogens is 1. The van der Waals surface area contributed by atoms with Crippen molar-refractivity contribution in [2.75, 3.05) is 13.7 Å². The molecule has 0 spiro atoms. The van der Waals surface area contributed by atoms with Crippen LogP contribution in [0.15, 0.2) is 12.1 Å². The van der Waals surface area contributed by atoms with Gasteiger partial charge < -0.3 is 15.2 Å². The van der Waals surface area contributed by atoms with Gasteiger partial charge in [-0.1, -0.05) is 44.2 Å². The van der Waals surface area contributed by atoms with Crippen LogP contribution in [-0.2, 0) is 6.42 Å². The van der Waals surface area contributed by atoms with Crippen molar-refractivity contribution in [2.24, 2.45) is 5.73 Å². The summed E-state index contributed by atoms with van der Waals surface area (Å²) in [7, 11) is 1.63. The Balaban J connectivity index is 2.68. The van der Waals surface area contributed by atoms with E-state index in [0.29, 0.717) is 17.4 Å². The lowest BCUT2D eigenvalue weighted by Crippen LogP contribution is -2.18. The molecule has 0 radical (unpaired) electrons. The van der Waals surface area contributed by atoms with Crippen LogP contribution in [-0.4, -0.2) is 19.8 Å². The Hall–Kier alpha value is -0.930. The normalized spacial score (nSPS) is 12.2. The highest BCUT2D eigenvalue weighted by Crippen LogP contribution is 2.35. The van der Waals surface area contributed by atoms with Crippen molar-refractivity contribution in [3.05, 3.63) is 22.7 Å². The van der Waals surface area contributed by atoms with E-state index in [2.05, 4.69) is 6.92 Å². The quantitative estimate of drug-likeness (QED) is 0.643. The molecule has 4 heteroatoms. The van der Waals surface area contributed by atoms with Gasteiger partial charge in [-0.2, -0.15) is 0 Å². The predicted molar refractivity (Wildman–Crippen MR) is 89.6 cm³/mol. The number of hydrogen-bond acceptors (Lipinski definition) is 3. The maximum Gasteiger partial charge on any atom is 0.164 e. The summed E-state index contributed by atoms with van der Waals surface area (Å²) < 4.78 is 11.3. The zero-order valence-corrected chi connectivity index (χ0v) is 14.2. The average molecular weight is 314 g/mol. The summed E-state index contributed by atoms with van der Waals surface area (Å²) in [5, 5.41) is 0.651. The summed E-state index contributed by atoms with van der Waals surface area (Å²) in [4.78, 5) is 0. The molecule has 1 atom stereocenters. The molecule has 21 heavy (non-hydrogen) atoms. The fourth-order valence-electron chi connectivity index (χ4n) is 2.32. The van der Waals surface area contributed by atoms with Gasteiger partial charge in [0, 0.05) is 22.7 Å². The number of ether oxygens (including phenoxy) is 2. The minimum atomic E-state index is 0.0556. The Bertz CT molecular complexity index is 421. The minimum absolute atomic E-state index is 0.0556. The van der Waals surface area contributed by atoms with Crippen LogP contribution in [0.1, 0.15) is 51.5 Å². The lowest BCUT2D eigenvalue weighted by Gasteiger charge is -2.17. The molecule has 0 heterocycles. The van der Waals surface area contributed by atoms with Crippen LogP contribution < -0.4 is 15.2 Å². The molecule has 1 aromatic carbocycles. The third-order valence-electron chi connectivity index (χ3n) is 3.35. The maximum absolute atomic E-state index is 6.13. The summed E-state index contributed by atoms with van der Waals surface area (Å²) in [6.07, 6.45) is 6.80. The van der Waals surface area contributed by atoms with E-state index in [9.17, 15) is 0 Å². The van der Waals surface area contributed by atoms with Crippen molar-refractivity contribution in [3.8, 4) is 11.5 Å². The number of benzene rings is 1. The van der Waals surface area contributed by atoms with Crippen LogP contribution in [0, 0.1) is 0 Å². The summed E-state index contributed by atoms with van der Waals surface area (Å²) >= 11 is 6.13. The molecule has 3 nitrogen and oxygen atoms in total. The molecule has 0 aliphatic rings. The highest BCUT2D eigenvalue weighted by Gasteiger charge is 2.14. The number of unbranched alkanes of at least 4 members (excludes halogenated alkanes) is 4. The van der Waals surface area contributed by atoms with E-state index in [1.54, 1.807) is 13.2 Å². The Morgan fingerprint density at radius 2 is 1.90 bits per heavy atom. The molecular formula is C17H28ClNO2. The predicted octanol–water partition coefficient (Wildman–Crippen LogP) is 4.59. The van der Waals surface area contributed by atoms with Crippen molar-refractivity contribution in [2.45, 2.75) is 58.4 Å². The Kier molecular flexibility index (Phi) is 8.55. The number of nitrogens with two attached hydrogens (primary N) is 1. The molecule has 2 N–H and O–H groups in total. The first-order chi connectivity index (χ1) is 10.1. The molecular weight excluding hydrogens is 286 g/mol. The molecule has 1 rings (SSSR count). The summed E-state index contributed by atoms with van der Waals surface area (Å²) in [5.74, 6) is 1.47. The fourth-order valence-corrected chi connectivity index (χ4v) is 2.55. The van der Waals surface area contributed by atoms with Gasteiger partial charge in [0.05, 0.1) is 13.7 Å². The standard InChI is InChI=1S/C17H28ClNO2/c1-4-5-6-7-8-9-21-17-14(10-13(2)19)11-15(18)12-16(17)20-3/h11-13H,4-10,19H2,1-3H3. The number of methoxy groups -OCH3 is 1. The molecule has 0 aromatic heterocycles. The van der Waals surface area contributed by atoms with Crippen LogP contribution in [0.5, 0.6) is 11.5 Å². The zero-order valence-electron chi connectivity index (χ0n) is 13.5. The molecule has 1 aromatic rings. The number of hydrogen-bond donors (Lipinski definition) is 1. The molecule has 0 amide bonds. The smallest absolute Gasteiger partial charge is 0.164 e. The van der Waals surface area contributed by atoms with E-state index in [1.165, 1.54) is 25.7 Å². The highest BCUT2D eigenvalue weighted by molar-refractivity contribution is 6.30. The lowest BCUT2D eigenvalue weighted by atomic mass is 10.1. The van der Waals surface area contributed by atoms with E-state index < -0.39 is 0 Å². The van der Waals surface area contributed by atoms with Crippen molar-refractivity contribution >= 4 is 11.6 Å². The Morgan fingerprint density at radius 3 is 2.52 bits per heavy atom. The molecule has 0 bridgehead atoms. The van der Waals surface area contributed by atoms with E-state index in [4.69, 9.17) is 26.8 Å². The number of rotatable bonds is 10. The van der Waals surface area contributed by atoms with Crippen LogP contribution in [0.4, 0.5) is 0 Å². The van der Waals surface area contributed by atoms with E-state index >= 15 is 0 Å². The van der Waals surface area contributed by atoms with E-state index in [0.717, 1.165) is 24.2 Å². The summed E-state index contributed by atoms with van der Waals surface area (Å²) in [6.45, 7) is 4.89. The van der Waals surface area contributed by atoms with Crippen LogP contribution >= 0.6 is 11.6 Å². The molecule has 1 unspecified atom stereocenters. The van der Waals surface area contributed by atoms with Crippen molar-refractivity contribution in [1.82, 2.24) is 0 Å². The minimum Gasteiger partial charge on any atom is -0.493 e. The van der Waals surface area contributed by atoms with Gasteiger partial charge in [-0.15, -0.1) is 0 Å². The first-order valence-electron chi connectivity index (χ1n) is 7.83. The molecule has 0 saturated carbocycles. The lowest BCUT2D eigenvalue weighted by molar-refractivity contribution is 0.281. The first kappa shape index (κ1) is 18.1. The molecule has 0 fully saturated rings. The summed E-state index contributed by atoms with van der Waals surface area (Å²) in [6, 6.07) is 3.76. The topological polar surface area (TPSA) is 44.5 Å². The monoisotopic (exact) mass is 313 g/mol. The Labute approximate surface area is 133 Å². The summed E-state index contributed by atoms with van der Waals surface area (Å²) in [5.41, 5.74) is 6.92. The Morgan fingerprint density at radius 1 is 1.19 bits per heavy atom. The molecule has 0 saturated heterocycles. The van der Waals surface area contributed by atoms with Gasteiger partial charge in [-0.3, -0.25) is 0 Å². The van der Waals surface area contributed by atoms with Crippen LogP contribution in [0.2, 0.25) is 5.02 Å².